The molecule has 0 heterocycles. The van der Waals surface area contributed by atoms with E-state index in [0.717, 1.165) is 22.0 Å². The normalized spacial score (nSPS) is 10.4. The molecule has 0 saturated heterocycles. The lowest BCUT2D eigenvalue weighted by Crippen LogP contribution is -2.11. The van der Waals surface area contributed by atoms with E-state index in [1.165, 1.54) is 0 Å². The lowest BCUT2D eigenvalue weighted by molar-refractivity contribution is 0.102. The summed E-state index contributed by atoms with van der Waals surface area (Å²) >= 11 is 0. The van der Waals surface area contributed by atoms with Crippen LogP contribution in [0.1, 0.15) is 15.9 Å². The van der Waals surface area contributed by atoms with Crippen molar-refractivity contribution in [1.29, 1.82) is 0 Å². The molecule has 2 nitrogen and oxygen atoms in total. The number of anilines is 1. The maximum Gasteiger partial charge on any atom is 0.255 e. The van der Waals surface area contributed by atoms with Crippen molar-refractivity contribution < 1.29 is 4.79 Å². The Labute approximate surface area is 118 Å². The van der Waals surface area contributed by atoms with Crippen molar-refractivity contribution in [2.75, 3.05) is 5.32 Å². The second-order valence-electron chi connectivity index (χ2n) is 4.71. The molecule has 3 aromatic carbocycles. The van der Waals surface area contributed by atoms with Crippen LogP contribution in [0.25, 0.3) is 10.8 Å². The molecular formula is C18H14NO. The summed E-state index contributed by atoms with van der Waals surface area (Å²) in [5.74, 6) is -0.104. The van der Waals surface area contributed by atoms with E-state index in [0.29, 0.717) is 5.56 Å². The molecule has 0 spiro atoms. The molecule has 0 bridgehead atoms. The van der Waals surface area contributed by atoms with Crippen LogP contribution in [0, 0.1) is 6.92 Å². The lowest BCUT2D eigenvalue weighted by atomic mass is 10.1. The molecule has 0 unspecified atom stereocenters. The van der Waals surface area contributed by atoms with Crippen LogP contribution in [-0.4, -0.2) is 5.91 Å². The van der Waals surface area contributed by atoms with Crippen molar-refractivity contribution in [2.45, 2.75) is 0 Å². The minimum absolute atomic E-state index is 0.104. The molecular weight excluding hydrogens is 246 g/mol. The van der Waals surface area contributed by atoms with E-state index in [2.05, 4.69) is 12.2 Å². The molecule has 0 aromatic heterocycles. The topological polar surface area (TPSA) is 29.1 Å². The van der Waals surface area contributed by atoms with Gasteiger partial charge >= 0.3 is 0 Å². The lowest BCUT2D eigenvalue weighted by Gasteiger charge is -2.06. The molecule has 1 radical (unpaired) electrons. The van der Waals surface area contributed by atoms with Crippen molar-refractivity contribution in [3.05, 3.63) is 84.8 Å². The predicted molar refractivity (Wildman–Crippen MR) is 82.8 cm³/mol. The van der Waals surface area contributed by atoms with E-state index in [-0.39, 0.29) is 5.91 Å². The first-order valence-corrected chi connectivity index (χ1v) is 6.44. The SMILES string of the molecule is [CH2]c1ccc(NC(=O)c2ccc3ccccc3c2)cc1. The van der Waals surface area contributed by atoms with Gasteiger partial charge in [-0.2, -0.15) is 0 Å². The number of hydrogen-bond donors (Lipinski definition) is 1. The zero-order chi connectivity index (χ0) is 13.9. The standard InChI is InChI=1S/C18H14NO/c1-13-6-10-17(11-7-13)19-18(20)16-9-8-14-4-2-3-5-15(14)12-16/h2-12H,1H2,(H,19,20). The third kappa shape index (κ3) is 2.54. The van der Waals surface area contributed by atoms with Crippen LogP contribution < -0.4 is 5.32 Å². The van der Waals surface area contributed by atoms with Gasteiger partial charge in [-0.1, -0.05) is 42.5 Å². The second kappa shape index (κ2) is 5.17. The van der Waals surface area contributed by atoms with E-state index >= 15 is 0 Å². The van der Waals surface area contributed by atoms with Crippen LogP contribution >= 0.6 is 0 Å². The summed E-state index contributed by atoms with van der Waals surface area (Å²) in [6.07, 6.45) is 0. The van der Waals surface area contributed by atoms with Gasteiger partial charge < -0.3 is 5.32 Å². The van der Waals surface area contributed by atoms with E-state index in [1.807, 2.05) is 66.7 Å². The van der Waals surface area contributed by atoms with Gasteiger partial charge in [0.05, 0.1) is 0 Å². The van der Waals surface area contributed by atoms with Gasteiger partial charge in [0.25, 0.3) is 5.91 Å². The van der Waals surface area contributed by atoms with Crippen LogP contribution in [0.2, 0.25) is 0 Å². The molecule has 0 aliphatic rings. The highest BCUT2D eigenvalue weighted by molar-refractivity contribution is 6.06. The minimum atomic E-state index is -0.104. The number of nitrogens with one attached hydrogen (secondary N) is 1. The zero-order valence-electron chi connectivity index (χ0n) is 11.0. The molecule has 0 aliphatic carbocycles. The van der Waals surface area contributed by atoms with Crippen molar-refractivity contribution in [3.63, 3.8) is 0 Å². The van der Waals surface area contributed by atoms with Gasteiger partial charge in [0.1, 0.15) is 0 Å². The number of amides is 1. The summed E-state index contributed by atoms with van der Waals surface area (Å²) in [5, 5.41) is 5.08. The van der Waals surface area contributed by atoms with Gasteiger partial charge in [0.2, 0.25) is 0 Å². The predicted octanol–water partition coefficient (Wildman–Crippen LogP) is 4.27. The highest BCUT2D eigenvalue weighted by Gasteiger charge is 2.06. The molecule has 3 aromatic rings. The third-order valence-electron chi connectivity index (χ3n) is 3.22. The molecule has 0 saturated carbocycles. The smallest absolute Gasteiger partial charge is 0.255 e. The number of benzene rings is 3. The van der Waals surface area contributed by atoms with Gasteiger partial charge in [0, 0.05) is 11.3 Å². The first-order chi connectivity index (χ1) is 9.72. The Hall–Kier alpha value is -2.61. The first kappa shape index (κ1) is 12.4. The molecule has 0 atom stereocenters. The Morgan fingerprint density at radius 1 is 0.850 bits per heavy atom. The van der Waals surface area contributed by atoms with Crippen LogP contribution in [0.3, 0.4) is 0 Å². The maximum absolute atomic E-state index is 12.2. The van der Waals surface area contributed by atoms with Gasteiger partial charge in [-0.05, 0) is 47.5 Å². The van der Waals surface area contributed by atoms with E-state index in [1.54, 1.807) is 0 Å². The van der Waals surface area contributed by atoms with E-state index in [9.17, 15) is 4.79 Å². The van der Waals surface area contributed by atoms with Gasteiger partial charge in [0.15, 0.2) is 0 Å². The van der Waals surface area contributed by atoms with Crippen molar-refractivity contribution in [3.8, 4) is 0 Å². The van der Waals surface area contributed by atoms with Crippen molar-refractivity contribution >= 4 is 22.4 Å². The van der Waals surface area contributed by atoms with E-state index in [4.69, 9.17) is 0 Å². The monoisotopic (exact) mass is 260 g/mol. The zero-order valence-corrected chi connectivity index (χ0v) is 11.0. The Balaban J connectivity index is 1.86. The number of carbonyl (C=O) groups is 1. The Kier molecular flexibility index (Phi) is 3.21. The summed E-state index contributed by atoms with van der Waals surface area (Å²) < 4.78 is 0. The van der Waals surface area contributed by atoms with Crippen molar-refractivity contribution in [2.24, 2.45) is 0 Å². The fourth-order valence-electron chi connectivity index (χ4n) is 2.12. The van der Waals surface area contributed by atoms with Crippen LogP contribution in [0.4, 0.5) is 5.69 Å². The van der Waals surface area contributed by atoms with Crippen LogP contribution in [-0.2, 0) is 0 Å². The molecule has 3 rings (SSSR count). The molecule has 2 heteroatoms. The van der Waals surface area contributed by atoms with Gasteiger partial charge in [-0.3, -0.25) is 4.79 Å². The average Bonchev–Trinajstić information content (AvgIpc) is 2.49. The first-order valence-electron chi connectivity index (χ1n) is 6.44. The number of hydrogen-bond acceptors (Lipinski definition) is 1. The molecule has 20 heavy (non-hydrogen) atoms. The number of carbonyl (C=O) groups excluding carboxylic acids is 1. The third-order valence-corrected chi connectivity index (χ3v) is 3.22. The second-order valence-corrected chi connectivity index (χ2v) is 4.71. The molecule has 97 valence electrons. The highest BCUT2D eigenvalue weighted by Crippen LogP contribution is 2.17. The van der Waals surface area contributed by atoms with E-state index < -0.39 is 0 Å². The van der Waals surface area contributed by atoms with Crippen molar-refractivity contribution in [1.82, 2.24) is 0 Å². The van der Waals surface area contributed by atoms with Gasteiger partial charge in [-0.15, -0.1) is 0 Å². The maximum atomic E-state index is 12.2. The molecule has 1 amide bonds. The van der Waals surface area contributed by atoms with Crippen LogP contribution in [0.15, 0.2) is 66.7 Å². The van der Waals surface area contributed by atoms with Crippen LogP contribution in [0.5, 0.6) is 0 Å². The number of fused-ring (bicyclic) bond motifs is 1. The quantitative estimate of drug-likeness (QED) is 0.732. The Morgan fingerprint density at radius 3 is 2.30 bits per heavy atom. The summed E-state index contributed by atoms with van der Waals surface area (Å²) in [5.41, 5.74) is 2.35. The fourth-order valence-corrected chi connectivity index (χ4v) is 2.12. The fraction of sp³-hybridized carbons (Fsp3) is 0. The summed E-state index contributed by atoms with van der Waals surface area (Å²) in [6, 6.07) is 21.1. The summed E-state index contributed by atoms with van der Waals surface area (Å²) in [7, 11) is 0. The molecule has 0 fully saturated rings. The Bertz CT molecular complexity index is 760. The summed E-state index contributed by atoms with van der Waals surface area (Å²) in [4.78, 5) is 12.2. The minimum Gasteiger partial charge on any atom is -0.322 e. The largest absolute Gasteiger partial charge is 0.322 e. The van der Waals surface area contributed by atoms with Gasteiger partial charge in [-0.25, -0.2) is 0 Å². The molecule has 0 aliphatic heterocycles. The number of rotatable bonds is 2. The Morgan fingerprint density at radius 2 is 1.55 bits per heavy atom. The molecule has 1 N–H and O–H groups in total. The summed E-state index contributed by atoms with van der Waals surface area (Å²) in [6.45, 7) is 3.82. The average molecular weight is 260 g/mol. The highest BCUT2D eigenvalue weighted by atomic mass is 16.1.